The van der Waals surface area contributed by atoms with E-state index in [4.69, 9.17) is 9.29 Å². The number of rotatable bonds is 5. The van der Waals surface area contributed by atoms with Gasteiger partial charge < -0.3 is 25.2 Å². The van der Waals surface area contributed by atoms with Crippen LogP contribution in [0.5, 0.6) is 0 Å². The van der Waals surface area contributed by atoms with Gasteiger partial charge in [0.05, 0.1) is 12.2 Å². The van der Waals surface area contributed by atoms with Crippen molar-refractivity contribution in [3.8, 4) is 0 Å². The van der Waals surface area contributed by atoms with Gasteiger partial charge in [-0.2, -0.15) is 8.42 Å². The third-order valence-corrected chi connectivity index (χ3v) is 10.7. The zero-order valence-corrected chi connectivity index (χ0v) is 28.7. The summed E-state index contributed by atoms with van der Waals surface area (Å²) in [7, 11) is -1.59. The monoisotopic (exact) mass is 673 g/mol. The summed E-state index contributed by atoms with van der Waals surface area (Å²) >= 11 is 0. The molecular formula is C33H47N5O8S. The van der Waals surface area contributed by atoms with Crippen molar-refractivity contribution in [1.82, 2.24) is 25.0 Å². The van der Waals surface area contributed by atoms with Gasteiger partial charge in [-0.1, -0.05) is 39.8 Å². The van der Waals surface area contributed by atoms with Gasteiger partial charge in [0.25, 0.3) is 21.9 Å². The number of ether oxygens (including phenoxy) is 1. The Hall–Kier alpha value is -3.04. The van der Waals surface area contributed by atoms with Crippen LogP contribution in [0.4, 0.5) is 0 Å². The van der Waals surface area contributed by atoms with Gasteiger partial charge in [-0.25, -0.2) is 0 Å². The Morgan fingerprint density at radius 1 is 1.21 bits per heavy atom. The van der Waals surface area contributed by atoms with Crippen LogP contribution in [0, 0.1) is 17.8 Å². The summed E-state index contributed by atoms with van der Waals surface area (Å²) in [6.45, 7) is 8.73. The highest BCUT2D eigenvalue weighted by Gasteiger charge is 2.72. The first kappa shape index (κ1) is 33.8. The Kier molecular flexibility index (Phi) is 8.52. The van der Waals surface area contributed by atoms with Gasteiger partial charge in [-0.3, -0.25) is 28.6 Å². The summed E-state index contributed by atoms with van der Waals surface area (Å²) in [4.78, 5) is 50.8. The molecule has 3 amide bonds. The van der Waals surface area contributed by atoms with Crippen molar-refractivity contribution in [3.05, 3.63) is 35.5 Å². The van der Waals surface area contributed by atoms with E-state index in [1.54, 1.807) is 4.90 Å². The van der Waals surface area contributed by atoms with Crippen molar-refractivity contribution < 1.29 is 37.2 Å². The van der Waals surface area contributed by atoms with E-state index in [1.807, 2.05) is 27.7 Å². The second-order valence-electron chi connectivity index (χ2n) is 14.7. The van der Waals surface area contributed by atoms with E-state index < -0.39 is 45.7 Å². The Bertz CT molecular complexity index is 1680. The number of amides is 3. The van der Waals surface area contributed by atoms with Crippen molar-refractivity contribution in [2.75, 3.05) is 26.4 Å². The van der Waals surface area contributed by atoms with Crippen LogP contribution in [-0.2, 0) is 35.7 Å². The predicted octanol–water partition coefficient (Wildman–Crippen LogP) is 2.02. The van der Waals surface area contributed by atoms with Crippen LogP contribution in [0.1, 0.15) is 70.4 Å². The topological polar surface area (TPSA) is 173 Å². The van der Waals surface area contributed by atoms with Crippen molar-refractivity contribution in [3.63, 3.8) is 0 Å². The number of likely N-dealkylation sites (N-methyl/N-ethyl adjacent to an activating group) is 1. The number of carbonyl (C=O) groups excluding carboxylic acids is 3. The number of piperazine rings is 1. The van der Waals surface area contributed by atoms with Crippen molar-refractivity contribution in [1.29, 1.82) is 0 Å². The minimum atomic E-state index is -3.67. The average molecular weight is 674 g/mol. The van der Waals surface area contributed by atoms with Gasteiger partial charge in [0, 0.05) is 48.1 Å². The molecule has 258 valence electrons. The molecule has 1 aromatic heterocycles. The number of piperidine rings is 1. The number of nitrogens with zero attached hydrogens (tertiary/aromatic N) is 3. The van der Waals surface area contributed by atoms with E-state index in [0.717, 1.165) is 18.4 Å². The molecule has 4 N–H and O–H groups in total. The van der Waals surface area contributed by atoms with Crippen LogP contribution in [0.3, 0.4) is 0 Å². The SMILES string of the molecule is CC(C)C[C@H]1C(=O)N2CCC[C@H]2C2(O)OC(NC(=O)[C@@H]3C[C@@H]4c5cccc6[nH]cc(c56)C[C@H]4N(C)C3)(C(C)C)C(=O)N12.CS(=O)(=O)O. The Morgan fingerprint density at radius 3 is 2.57 bits per heavy atom. The minimum absolute atomic E-state index is 0.116. The summed E-state index contributed by atoms with van der Waals surface area (Å²) < 4.78 is 32.3. The average Bonchev–Trinajstić information content (AvgIpc) is 3.68. The van der Waals surface area contributed by atoms with Gasteiger partial charge in [0.1, 0.15) is 12.1 Å². The third kappa shape index (κ3) is 5.65. The molecule has 7 atom stereocenters. The molecule has 13 nitrogen and oxygen atoms in total. The number of aliphatic hydroxyl groups is 1. The second-order valence-corrected chi connectivity index (χ2v) is 16.2. The largest absolute Gasteiger partial charge is 0.361 e. The molecule has 5 heterocycles. The van der Waals surface area contributed by atoms with Gasteiger partial charge >= 0.3 is 0 Å². The summed E-state index contributed by atoms with van der Waals surface area (Å²) in [5.74, 6) is -3.48. The molecule has 4 aliphatic heterocycles. The maximum Gasteiger partial charge on any atom is 0.281 e. The quantitative estimate of drug-likeness (QED) is 0.347. The maximum atomic E-state index is 14.4. The number of benzene rings is 1. The number of hydrogen-bond donors (Lipinski definition) is 4. The first-order valence-corrected chi connectivity index (χ1v) is 18.4. The zero-order valence-electron chi connectivity index (χ0n) is 27.9. The van der Waals surface area contributed by atoms with E-state index in [2.05, 4.69) is 46.6 Å². The van der Waals surface area contributed by atoms with Gasteiger partial charge in [-0.05, 0) is 62.3 Å². The zero-order chi connectivity index (χ0) is 34.2. The lowest BCUT2D eigenvalue weighted by atomic mass is 9.72. The number of carbonyl (C=O) groups is 3. The van der Waals surface area contributed by atoms with Crippen molar-refractivity contribution in [2.24, 2.45) is 17.8 Å². The number of nitrogens with one attached hydrogen (secondary N) is 2. The van der Waals surface area contributed by atoms with E-state index in [9.17, 15) is 27.9 Å². The first-order chi connectivity index (χ1) is 22.0. The smallest absolute Gasteiger partial charge is 0.281 e. The highest BCUT2D eigenvalue weighted by molar-refractivity contribution is 7.85. The van der Waals surface area contributed by atoms with Crippen LogP contribution in [-0.4, -0.2) is 112 Å². The highest BCUT2D eigenvalue weighted by Crippen LogP contribution is 2.49. The fourth-order valence-corrected chi connectivity index (χ4v) is 8.63. The molecule has 4 fully saturated rings. The molecule has 0 spiro atoms. The molecule has 47 heavy (non-hydrogen) atoms. The fourth-order valence-electron chi connectivity index (χ4n) is 8.63. The summed E-state index contributed by atoms with van der Waals surface area (Å²) in [6.07, 6.45) is 6.07. The second kappa shape index (κ2) is 11.8. The predicted molar refractivity (Wildman–Crippen MR) is 173 cm³/mol. The van der Waals surface area contributed by atoms with Crippen molar-refractivity contribution >= 4 is 38.7 Å². The standard InChI is InChI=1S/C32H43N5O5.CH4O3S/c1-17(2)12-25-29(39)36-11-7-10-26(36)32(41)37(25)30(40)31(42-32,18(3)4)34-28(38)20-13-22-21-8-6-9-23-27(21)19(15-33-23)14-24(22)35(5)16-20;1-5(2,3)4/h6,8-9,15,17-18,20,22,24-26,33,41H,7,10-14,16H2,1-5H3,(H,34,38);1H3,(H,2,3,4)/t20-,22-,24-,25+,26+,31?,32?;/m1./s1. The van der Waals surface area contributed by atoms with Gasteiger partial charge in [0.15, 0.2) is 0 Å². The molecule has 7 rings (SSSR count). The number of H-pyrrole nitrogens is 1. The molecule has 1 aromatic carbocycles. The molecule has 0 radical (unpaired) electrons. The fraction of sp³-hybridized carbons (Fsp3) is 0.667. The van der Waals surface area contributed by atoms with Gasteiger partial charge in [0.2, 0.25) is 17.5 Å². The lowest BCUT2D eigenvalue weighted by Crippen LogP contribution is -2.71. The van der Waals surface area contributed by atoms with Crippen LogP contribution in [0.25, 0.3) is 10.9 Å². The Morgan fingerprint density at radius 2 is 1.91 bits per heavy atom. The Labute approximate surface area is 275 Å². The number of aromatic nitrogens is 1. The molecule has 2 aromatic rings. The summed E-state index contributed by atoms with van der Waals surface area (Å²) in [5.41, 5.74) is 1.93. The maximum absolute atomic E-state index is 14.4. The number of hydrogen-bond acceptors (Lipinski definition) is 8. The molecule has 5 aliphatic rings. The molecular weight excluding hydrogens is 626 g/mol. The molecule has 14 heteroatoms. The van der Waals surface area contributed by atoms with Crippen LogP contribution in [0.15, 0.2) is 24.4 Å². The van der Waals surface area contributed by atoms with Gasteiger partial charge in [-0.15, -0.1) is 0 Å². The minimum Gasteiger partial charge on any atom is -0.361 e. The molecule has 0 saturated carbocycles. The molecule has 1 aliphatic carbocycles. The molecule has 2 unspecified atom stereocenters. The van der Waals surface area contributed by atoms with Crippen LogP contribution in [0.2, 0.25) is 0 Å². The number of fused-ring (bicyclic) bond motifs is 5. The van der Waals surface area contributed by atoms with E-state index in [-0.39, 0.29) is 35.6 Å². The Balaban J connectivity index is 0.000000720. The number of likely N-dealkylation sites (tertiary alicyclic amines) is 1. The lowest BCUT2D eigenvalue weighted by Gasteiger charge is -2.49. The van der Waals surface area contributed by atoms with E-state index >= 15 is 0 Å². The van der Waals surface area contributed by atoms with E-state index in [1.165, 1.54) is 21.4 Å². The third-order valence-electron chi connectivity index (χ3n) is 10.7. The van der Waals surface area contributed by atoms with E-state index in [0.29, 0.717) is 38.6 Å². The lowest BCUT2D eigenvalue weighted by molar-refractivity contribution is -0.322. The summed E-state index contributed by atoms with van der Waals surface area (Å²) in [5, 5.41) is 16.4. The first-order valence-electron chi connectivity index (χ1n) is 16.6. The number of aromatic amines is 1. The highest BCUT2D eigenvalue weighted by atomic mass is 32.2. The van der Waals surface area contributed by atoms with Crippen molar-refractivity contribution in [2.45, 2.75) is 95.5 Å². The molecule has 4 saturated heterocycles. The normalized spacial score (nSPS) is 33.5. The summed E-state index contributed by atoms with van der Waals surface area (Å²) in [6, 6.07) is 5.13. The molecule has 0 bridgehead atoms. The van der Waals surface area contributed by atoms with Crippen LogP contribution >= 0.6 is 0 Å². The van der Waals surface area contributed by atoms with Crippen LogP contribution < -0.4 is 5.32 Å².